The minimum atomic E-state index is 0. The summed E-state index contributed by atoms with van der Waals surface area (Å²) in [6.45, 7) is 0. The molecule has 0 atom stereocenters. The first kappa shape index (κ1) is 10.8. The van der Waals surface area contributed by atoms with Crippen LogP contribution in [0.2, 0.25) is 0 Å². The summed E-state index contributed by atoms with van der Waals surface area (Å²) in [4.78, 5) is 10.2. The van der Waals surface area contributed by atoms with Crippen molar-refractivity contribution >= 4 is 17.0 Å². The Labute approximate surface area is 81.7 Å². The highest BCUT2D eigenvalue weighted by Crippen LogP contribution is 1.73. The summed E-state index contributed by atoms with van der Waals surface area (Å²) in [5.41, 5.74) is 0. The molecule has 64 valence electrons. The van der Waals surface area contributed by atoms with E-state index in [0.29, 0.717) is 0 Å². The minimum Gasteiger partial charge on any atom is -0.351 e. The minimum absolute atomic E-state index is 0. The van der Waals surface area contributed by atoms with Crippen LogP contribution in [0.4, 0.5) is 0 Å². The first-order chi connectivity index (χ1) is 5.50. The number of aromatic amines is 1. The maximum atomic E-state index is 3.78. The van der Waals surface area contributed by atoms with Crippen LogP contribution >= 0.6 is 17.0 Å². The molecule has 0 amide bonds. The van der Waals surface area contributed by atoms with Crippen molar-refractivity contribution in [2.45, 2.75) is 0 Å². The first-order valence-electron chi connectivity index (χ1n) is 3.28. The van der Waals surface area contributed by atoms with Gasteiger partial charge in [-0.25, -0.2) is 4.98 Å². The fourth-order valence-electron chi connectivity index (χ4n) is 0.528. The van der Waals surface area contributed by atoms with Crippen LogP contribution in [0.25, 0.3) is 0 Å². The molecule has 2 heterocycles. The second kappa shape index (κ2) is 7.94. The lowest BCUT2D eigenvalue weighted by Crippen LogP contribution is -1.58. The highest BCUT2D eigenvalue weighted by molar-refractivity contribution is 8.93. The van der Waals surface area contributed by atoms with E-state index < -0.39 is 0 Å². The molecule has 0 saturated heterocycles. The van der Waals surface area contributed by atoms with E-state index in [1.165, 1.54) is 0 Å². The lowest BCUT2D eigenvalue weighted by Gasteiger charge is -1.70. The highest BCUT2D eigenvalue weighted by atomic mass is 79.9. The Bertz CT molecular complexity index is 200. The smallest absolute Gasteiger partial charge is 0.0919 e. The van der Waals surface area contributed by atoms with Crippen LogP contribution in [-0.4, -0.2) is 15.0 Å². The standard InChI is InChI=1S/C5H5N.C3H4N2.BrH/c1-2-4-6-5-3-1;1-2-5-3-4-1;/h1-5H;1-3H,(H,4,5);1H. The number of rotatable bonds is 0. The Morgan fingerprint density at radius 2 is 1.58 bits per heavy atom. The van der Waals surface area contributed by atoms with Crippen molar-refractivity contribution in [2.24, 2.45) is 0 Å². The molecule has 0 aliphatic rings. The summed E-state index contributed by atoms with van der Waals surface area (Å²) < 4.78 is 0. The fourth-order valence-corrected chi connectivity index (χ4v) is 0.528. The number of pyridine rings is 1. The molecule has 0 radical (unpaired) electrons. The van der Waals surface area contributed by atoms with Crippen molar-refractivity contribution in [1.82, 2.24) is 15.0 Å². The molecule has 0 fully saturated rings. The SMILES string of the molecule is Br.c1c[nH]cn1.c1ccncc1. The summed E-state index contributed by atoms with van der Waals surface area (Å²) in [6, 6.07) is 5.72. The molecule has 0 bridgehead atoms. The van der Waals surface area contributed by atoms with Gasteiger partial charge in [-0.05, 0) is 12.1 Å². The van der Waals surface area contributed by atoms with Gasteiger partial charge in [0.2, 0.25) is 0 Å². The third-order valence-corrected chi connectivity index (χ3v) is 0.972. The van der Waals surface area contributed by atoms with Gasteiger partial charge >= 0.3 is 0 Å². The molecule has 2 aromatic heterocycles. The molecular weight excluding hydrogens is 218 g/mol. The lowest BCUT2D eigenvalue weighted by atomic mass is 10.5. The van der Waals surface area contributed by atoms with Crippen molar-refractivity contribution in [2.75, 3.05) is 0 Å². The van der Waals surface area contributed by atoms with Gasteiger partial charge in [0.15, 0.2) is 0 Å². The molecule has 0 aromatic carbocycles. The van der Waals surface area contributed by atoms with Crippen LogP contribution in [0.15, 0.2) is 49.3 Å². The second-order valence-electron chi connectivity index (χ2n) is 1.79. The van der Waals surface area contributed by atoms with Gasteiger partial charge < -0.3 is 4.98 Å². The van der Waals surface area contributed by atoms with E-state index >= 15 is 0 Å². The first-order valence-corrected chi connectivity index (χ1v) is 3.28. The number of imidazole rings is 1. The topological polar surface area (TPSA) is 41.6 Å². The normalized spacial score (nSPS) is 7.33. The van der Waals surface area contributed by atoms with E-state index in [2.05, 4.69) is 15.0 Å². The van der Waals surface area contributed by atoms with Crippen molar-refractivity contribution in [3.05, 3.63) is 49.3 Å². The molecule has 2 aromatic rings. The summed E-state index contributed by atoms with van der Waals surface area (Å²) in [5, 5.41) is 0. The second-order valence-corrected chi connectivity index (χ2v) is 1.79. The zero-order chi connectivity index (χ0) is 7.78. The molecule has 0 unspecified atom stereocenters. The van der Waals surface area contributed by atoms with Crippen LogP contribution in [0.5, 0.6) is 0 Å². The maximum absolute atomic E-state index is 3.78. The van der Waals surface area contributed by atoms with E-state index in [4.69, 9.17) is 0 Å². The lowest BCUT2D eigenvalue weighted by molar-refractivity contribution is 1.31. The van der Waals surface area contributed by atoms with Crippen LogP contribution in [-0.2, 0) is 0 Å². The molecule has 0 aliphatic carbocycles. The summed E-state index contributed by atoms with van der Waals surface area (Å²) in [7, 11) is 0. The third kappa shape index (κ3) is 5.61. The van der Waals surface area contributed by atoms with Crippen LogP contribution in [0.1, 0.15) is 0 Å². The molecule has 0 saturated carbocycles. The molecule has 2 rings (SSSR count). The van der Waals surface area contributed by atoms with Gasteiger partial charge in [-0.1, -0.05) is 6.07 Å². The van der Waals surface area contributed by atoms with Crippen LogP contribution in [0.3, 0.4) is 0 Å². The van der Waals surface area contributed by atoms with Crippen LogP contribution in [0, 0.1) is 0 Å². The number of hydrogen-bond acceptors (Lipinski definition) is 2. The third-order valence-electron chi connectivity index (χ3n) is 0.972. The van der Waals surface area contributed by atoms with Crippen molar-refractivity contribution in [1.29, 1.82) is 0 Å². The molecule has 3 nitrogen and oxygen atoms in total. The van der Waals surface area contributed by atoms with Crippen molar-refractivity contribution in [3.8, 4) is 0 Å². The largest absolute Gasteiger partial charge is 0.351 e. The van der Waals surface area contributed by atoms with Gasteiger partial charge in [0.25, 0.3) is 0 Å². The number of aromatic nitrogens is 3. The molecule has 1 N–H and O–H groups in total. The summed E-state index contributed by atoms with van der Waals surface area (Å²) in [6.07, 6.45) is 8.58. The van der Waals surface area contributed by atoms with Gasteiger partial charge in [0, 0.05) is 24.8 Å². The zero-order valence-electron chi connectivity index (χ0n) is 6.42. The molecular formula is C8H10BrN3. The van der Waals surface area contributed by atoms with E-state index in [0.717, 1.165) is 0 Å². The van der Waals surface area contributed by atoms with Gasteiger partial charge in [-0.15, -0.1) is 17.0 Å². The quantitative estimate of drug-likeness (QED) is 0.749. The Morgan fingerprint density at radius 3 is 1.75 bits per heavy atom. The van der Waals surface area contributed by atoms with E-state index in [9.17, 15) is 0 Å². The predicted molar refractivity (Wildman–Crippen MR) is 53.1 cm³/mol. The predicted octanol–water partition coefficient (Wildman–Crippen LogP) is 2.07. The number of nitrogens with zero attached hydrogens (tertiary/aromatic N) is 2. The molecule has 0 spiro atoms. The molecule has 12 heavy (non-hydrogen) atoms. The zero-order valence-corrected chi connectivity index (χ0v) is 8.13. The number of halogens is 1. The molecule has 4 heteroatoms. The number of nitrogens with one attached hydrogen (secondary N) is 1. The Hall–Kier alpha value is -1.16. The number of hydrogen-bond donors (Lipinski definition) is 1. The van der Waals surface area contributed by atoms with Crippen molar-refractivity contribution < 1.29 is 0 Å². The number of H-pyrrole nitrogens is 1. The van der Waals surface area contributed by atoms with E-state index in [1.807, 2.05) is 18.2 Å². The molecule has 0 aliphatic heterocycles. The van der Waals surface area contributed by atoms with E-state index in [-0.39, 0.29) is 17.0 Å². The van der Waals surface area contributed by atoms with E-state index in [1.54, 1.807) is 31.1 Å². The summed E-state index contributed by atoms with van der Waals surface area (Å²) >= 11 is 0. The summed E-state index contributed by atoms with van der Waals surface area (Å²) in [5.74, 6) is 0. The maximum Gasteiger partial charge on any atom is 0.0919 e. The monoisotopic (exact) mass is 227 g/mol. The van der Waals surface area contributed by atoms with Crippen molar-refractivity contribution in [3.63, 3.8) is 0 Å². The van der Waals surface area contributed by atoms with Gasteiger partial charge in [-0.3, -0.25) is 4.98 Å². The average Bonchev–Trinajstić information content (AvgIpc) is 2.64. The fraction of sp³-hybridized carbons (Fsp3) is 0. The Morgan fingerprint density at radius 1 is 0.833 bits per heavy atom. The average molecular weight is 228 g/mol. The van der Waals surface area contributed by atoms with Gasteiger partial charge in [0.1, 0.15) is 0 Å². The highest BCUT2D eigenvalue weighted by Gasteiger charge is 1.58. The van der Waals surface area contributed by atoms with Gasteiger partial charge in [-0.2, -0.15) is 0 Å². The Balaban J connectivity index is 0.000000189. The van der Waals surface area contributed by atoms with Gasteiger partial charge in [0.05, 0.1) is 6.33 Å². The Kier molecular flexibility index (Phi) is 7.17. The van der Waals surface area contributed by atoms with Crippen LogP contribution < -0.4 is 0 Å².